The molecule has 1 amide bonds. The maximum absolute atomic E-state index is 12.4. The highest BCUT2D eigenvalue weighted by atomic mass is 32.2. The normalized spacial score (nSPS) is 12.2. The molecule has 25 heavy (non-hydrogen) atoms. The largest absolute Gasteiger partial charge is 0.321 e. The summed E-state index contributed by atoms with van der Waals surface area (Å²) < 4.78 is 27.4. The number of nitrogens with one attached hydrogen (secondary N) is 2. The van der Waals surface area contributed by atoms with E-state index in [1.807, 2.05) is 13.0 Å². The minimum atomic E-state index is -3.65. The summed E-state index contributed by atoms with van der Waals surface area (Å²) in [5.41, 5.74) is 0.970. The number of carbonyl (C=O) groups is 1. The molecule has 2 N–H and O–H groups in total. The van der Waals surface area contributed by atoms with E-state index in [0.717, 1.165) is 12.0 Å². The van der Waals surface area contributed by atoms with E-state index in [-0.39, 0.29) is 10.8 Å². The summed E-state index contributed by atoms with van der Waals surface area (Å²) in [4.78, 5) is 14.3. The summed E-state index contributed by atoms with van der Waals surface area (Å²) >= 11 is 1.46. The van der Waals surface area contributed by atoms with E-state index in [0.29, 0.717) is 10.6 Å². The van der Waals surface area contributed by atoms with E-state index in [4.69, 9.17) is 0 Å². The molecule has 0 saturated carbocycles. The number of hydrogen-bond acceptors (Lipinski definition) is 4. The number of benzene rings is 1. The minimum absolute atomic E-state index is 0.122. The standard InChI is InChI=1S/C18H24N2O3S2/c1-6-15-12(2)10-16(24-15)17(21)19-13-8-7-9-14(11-13)25(22,23)20-18(3,4)5/h7-11,20H,6H2,1-5H3,(H,19,21). The highest BCUT2D eigenvalue weighted by Gasteiger charge is 2.22. The van der Waals surface area contributed by atoms with Crippen molar-refractivity contribution >= 4 is 33.0 Å². The lowest BCUT2D eigenvalue weighted by Gasteiger charge is -2.20. The Balaban J connectivity index is 2.22. The van der Waals surface area contributed by atoms with Crippen molar-refractivity contribution in [2.75, 3.05) is 5.32 Å². The molecule has 0 saturated heterocycles. The van der Waals surface area contributed by atoms with Crippen LogP contribution in [0.5, 0.6) is 0 Å². The fourth-order valence-electron chi connectivity index (χ4n) is 2.38. The number of anilines is 1. The fraction of sp³-hybridized carbons (Fsp3) is 0.389. The second-order valence-electron chi connectivity index (χ2n) is 6.91. The third kappa shape index (κ3) is 5.14. The van der Waals surface area contributed by atoms with Gasteiger partial charge in [0.05, 0.1) is 9.77 Å². The van der Waals surface area contributed by atoms with Crippen LogP contribution in [0, 0.1) is 6.92 Å². The van der Waals surface area contributed by atoms with Crippen molar-refractivity contribution in [1.82, 2.24) is 4.72 Å². The van der Waals surface area contributed by atoms with E-state index in [9.17, 15) is 13.2 Å². The molecule has 0 bridgehead atoms. The Morgan fingerprint density at radius 2 is 1.88 bits per heavy atom. The van der Waals surface area contributed by atoms with Crippen LogP contribution in [0.3, 0.4) is 0 Å². The van der Waals surface area contributed by atoms with Gasteiger partial charge < -0.3 is 5.32 Å². The topological polar surface area (TPSA) is 75.3 Å². The molecule has 0 aliphatic rings. The fourth-order valence-corrected chi connectivity index (χ4v) is 4.85. The summed E-state index contributed by atoms with van der Waals surface area (Å²) in [5.74, 6) is -0.230. The maximum atomic E-state index is 12.4. The Morgan fingerprint density at radius 3 is 2.44 bits per heavy atom. The van der Waals surface area contributed by atoms with Crippen LogP contribution >= 0.6 is 11.3 Å². The lowest BCUT2D eigenvalue weighted by Crippen LogP contribution is -2.40. The zero-order valence-electron chi connectivity index (χ0n) is 15.1. The average molecular weight is 381 g/mol. The van der Waals surface area contributed by atoms with E-state index < -0.39 is 15.6 Å². The van der Waals surface area contributed by atoms with Crippen LogP contribution in [0.25, 0.3) is 0 Å². The van der Waals surface area contributed by atoms with Crippen molar-refractivity contribution in [3.63, 3.8) is 0 Å². The van der Waals surface area contributed by atoms with Crippen LogP contribution in [-0.4, -0.2) is 19.9 Å². The van der Waals surface area contributed by atoms with Gasteiger partial charge in [-0.05, 0) is 63.9 Å². The van der Waals surface area contributed by atoms with Crippen LogP contribution in [-0.2, 0) is 16.4 Å². The monoisotopic (exact) mass is 380 g/mol. The lowest BCUT2D eigenvalue weighted by atomic mass is 10.1. The van der Waals surface area contributed by atoms with Crippen molar-refractivity contribution in [2.45, 2.75) is 51.5 Å². The van der Waals surface area contributed by atoms with Crippen molar-refractivity contribution < 1.29 is 13.2 Å². The molecule has 0 aliphatic carbocycles. The first-order chi connectivity index (χ1) is 11.5. The molecule has 0 aliphatic heterocycles. The number of sulfonamides is 1. The highest BCUT2D eigenvalue weighted by molar-refractivity contribution is 7.89. The van der Waals surface area contributed by atoms with Crippen molar-refractivity contribution in [2.24, 2.45) is 0 Å². The Morgan fingerprint density at radius 1 is 1.20 bits per heavy atom. The molecule has 0 fully saturated rings. The molecule has 0 spiro atoms. The van der Waals surface area contributed by atoms with Crippen LogP contribution in [0.4, 0.5) is 5.69 Å². The van der Waals surface area contributed by atoms with E-state index >= 15 is 0 Å². The Bertz CT molecular complexity index is 878. The predicted molar refractivity (Wildman–Crippen MR) is 103 cm³/mol. The molecule has 5 nitrogen and oxygen atoms in total. The molecule has 1 aromatic heterocycles. The first-order valence-electron chi connectivity index (χ1n) is 8.06. The molecule has 2 rings (SSSR count). The summed E-state index contributed by atoms with van der Waals surface area (Å²) in [6.45, 7) is 9.37. The number of carbonyl (C=O) groups excluding carboxylic acids is 1. The molecule has 7 heteroatoms. The number of amides is 1. The van der Waals surface area contributed by atoms with Gasteiger partial charge >= 0.3 is 0 Å². The number of rotatable bonds is 5. The van der Waals surface area contributed by atoms with Crippen molar-refractivity contribution in [3.05, 3.63) is 45.6 Å². The summed E-state index contributed by atoms with van der Waals surface area (Å²) in [7, 11) is -3.65. The summed E-state index contributed by atoms with van der Waals surface area (Å²) in [5, 5.41) is 2.78. The number of hydrogen-bond donors (Lipinski definition) is 2. The molecular weight excluding hydrogens is 356 g/mol. The van der Waals surface area contributed by atoms with Gasteiger partial charge in [-0.3, -0.25) is 4.79 Å². The second-order valence-corrected chi connectivity index (χ2v) is 9.73. The Hall–Kier alpha value is -1.70. The molecule has 0 atom stereocenters. The average Bonchev–Trinajstić information content (AvgIpc) is 2.86. The van der Waals surface area contributed by atoms with Gasteiger partial charge in [-0.1, -0.05) is 13.0 Å². The van der Waals surface area contributed by atoms with Gasteiger partial charge in [0.2, 0.25) is 10.0 Å². The summed E-state index contributed by atoms with van der Waals surface area (Å²) in [6, 6.07) is 8.13. The molecular formula is C18H24N2O3S2. The second kappa shape index (κ2) is 7.27. The smallest absolute Gasteiger partial charge is 0.265 e. The zero-order valence-corrected chi connectivity index (χ0v) is 16.8. The van der Waals surface area contributed by atoms with Gasteiger partial charge in [0.25, 0.3) is 5.91 Å². The van der Waals surface area contributed by atoms with Crippen LogP contribution < -0.4 is 10.0 Å². The van der Waals surface area contributed by atoms with Gasteiger partial charge in [0.1, 0.15) is 0 Å². The predicted octanol–water partition coefficient (Wildman–Crippen LogP) is 3.95. The molecule has 0 unspecified atom stereocenters. The first-order valence-corrected chi connectivity index (χ1v) is 10.4. The molecule has 2 aromatic rings. The molecule has 1 aromatic carbocycles. The molecule has 136 valence electrons. The lowest BCUT2D eigenvalue weighted by molar-refractivity contribution is 0.103. The first kappa shape index (κ1) is 19.6. The quantitative estimate of drug-likeness (QED) is 0.825. The maximum Gasteiger partial charge on any atom is 0.265 e. The highest BCUT2D eigenvalue weighted by Crippen LogP contribution is 2.24. The third-order valence-corrected chi connectivity index (χ3v) is 6.54. The van der Waals surface area contributed by atoms with Gasteiger partial charge in [-0.2, -0.15) is 0 Å². The van der Waals surface area contributed by atoms with Crippen molar-refractivity contribution in [1.29, 1.82) is 0 Å². The van der Waals surface area contributed by atoms with Crippen LogP contribution in [0.2, 0.25) is 0 Å². The van der Waals surface area contributed by atoms with Gasteiger partial charge in [-0.25, -0.2) is 13.1 Å². The van der Waals surface area contributed by atoms with E-state index in [2.05, 4.69) is 17.0 Å². The number of thiophene rings is 1. The zero-order chi connectivity index (χ0) is 18.8. The molecule has 1 heterocycles. The summed E-state index contributed by atoms with van der Waals surface area (Å²) in [6.07, 6.45) is 0.885. The third-order valence-electron chi connectivity index (χ3n) is 3.41. The Labute approximate surface area is 153 Å². The van der Waals surface area contributed by atoms with E-state index in [1.54, 1.807) is 32.9 Å². The van der Waals surface area contributed by atoms with Crippen LogP contribution in [0.15, 0.2) is 35.2 Å². The van der Waals surface area contributed by atoms with E-state index in [1.165, 1.54) is 28.3 Å². The SMILES string of the molecule is CCc1sc(C(=O)Nc2cccc(S(=O)(=O)NC(C)(C)C)c2)cc1C. The Kier molecular flexibility index (Phi) is 5.71. The molecule has 0 radical (unpaired) electrons. The van der Waals surface area contributed by atoms with Gasteiger partial charge in [0.15, 0.2) is 0 Å². The van der Waals surface area contributed by atoms with Crippen molar-refractivity contribution in [3.8, 4) is 0 Å². The van der Waals surface area contributed by atoms with Gasteiger partial charge in [-0.15, -0.1) is 11.3 Å². The van der Waals surface area contributed by atoms with Crippen LogP contribution in [0.1, 0.15) is 47.8 Å². The number of aryl methyl sites for hydroxylation is 2. The van der Waals surface area contributed by atoms with Gasteiger partial charge in [0, 0.05) is 16.1 Å². The minimum Gasteiger partial charge on any atom is -0.321 e.